The van der Waals surface area contributed by atoms with Crippen LogP contribution in [0.3, 0.4) is 0 Å². The third-order valence-corrected chi connectivity index (χ3v) is 3.62. The van der Waals surface area contributed by atoms with E-state index in [2.05, 4.69) is 0 Å². The molecule has 0 aromatic rings. The molecular formula is C15H21N2O3+. The van der Waals surface area contributed by atoms with Crippen molar-refractivity contribution in [3.8, 4) is 6.15 Å². The summed E-state index contributed by atoms with van der Waals surface area (Å²) in [6.07, 6.45) is 9.91. The Kier molecular flexibility index (Phi) is 5.41. The molecule has 108 valence electrons. The van der Waals surface area contributed by atoms with Gasteiger partial charge in [0.2, 0.25) is 0 Å². The molecule has 1 saturated heterocycles. The van der Waals surface area contributed by atoms with Crippen LogP contribution in [0.4, 0.5) is 0 Å². The third-order valence-electron chi connectivity index (χ3n) is 3.62. The fourth-order valence-electron chi connectivity index (χ4n) is 2.62. The van der Waals surface area contributed by atoms with Crippen LogP contribution < -0.4 is 0 Å². The van der Waals surface area contributed by atoms with Crippen molar-refractivity contribution in [3.05, 3.63) is 24.0 Å². The molecule has 1 amide bonds. The second-order valence-electron chi connectivity index (χ2n) is 5.06. The van der Waals surface area contributed by atoms with Crippen LogP contribution in [0.1, 0.15) is 26.2 Å². The Morgan fingerprint density at radius 2 is 2.45 bits per heavy atom. The maximum absolute atomic E-state index is 12.3. The maximum atomic E-state index is 12.3. The number of likely N-dealkylation sites (tertiary alicyclic amines) is 1. The quantitative estimate of drug-likeness (QED) is 0.716. The molecule has 2 aliphatic rings. The van der Waals surface area contributed by atoms with Crippen LogP contribution in [0.25, 0.3) is 0 Å². The van der Waals surface area contributed by atoms with Gasteiger partial charge in [-0.3, -0.25) is 0 Å². The van der Waals surface area contributed by atoms with Crippen LogP contribution >= 0.6 is 0 Å². The van der Waals surface area contributed by atoms with Gasteiger partial charge in [0.25, 0.3) is 0 Å². The Morgan fingerprint density at radius 3 is 3.20 bits per heavy atom. The molecular weight excluding hydrogens is 256 g/mol. The van der Waals surface area contributed by atoms with Gasteiger partial charge in [-0.05, 0) is 0 Å². The van der Waals surface area contributed by atoms with Gasteiger partial charge in [0.05, 0.1) is 0 Å². The summed E-state index contributed by atoms with van der Waals surface area (Å²) in [5, 5.41) is 0. The normalized spacial score (nSPS) is 21.8. The molecule has 1 unspecified atom stereocenters. The van der Waals surface area contributed by atoms with Crippen LogP contribution in [0.5, 0.6) is 0 Å². The number of ether oxygens (including phenoxy) is 1. The summed E-state index contributed by atoms with van der Waals surface area (Å²) in [5.41, 5.74) is 0.576. The molecule has 1 fully saturated rings. The average Bonchev–Trinajstić information content (AvgIpc) is 2.93. The summed E-state index contributed by atoms with van der Waals surface area (Å²) in [7, 11) is 0. The Hall–Kier alpha value is -1.55. The predicted molar refractivity (Wildman–Crippen MR) is 74.3 cm³/mol. The van der Waals surface area contributed by atoms with E-state index in [1.807, 2.05) is 30.2 Å². The first kappa shape index (κ1) is 14.9. The molecule has 5 nitrogen and oxygen atoms in total. The first-order valence-electron chi connectivity index (χ1n) is 7.13. The number of rotatable bonds is 5. The van der Waals surface area contributed by atoms with Gasteiger partial charge in [0.1, 0.15) is 0 Å². The molecule has 0 aliphatic carbocycles. The van der Waals surface area contributed by atoms with E-state index in [0.29, 0.717) is 25.2 Å². The SMILES string of the molecule is CCOCC1CCCN1C(=O)CN1C=CCC(C#[O+])=C1. The molecule has 0 aromatic carbocycles. The monoisotopic (exact) mass is 277 g/mol. The molecule has 0 radical (unpaired) electrons. The molecule has 2 rings (SSSR count). The second-order valence-corrected chi connectivity index (χ2v) is 5.06. The molecule has 1 atom stereocenters. The van der Waals surface area contributed by atoms with Crippen molar-refractivity contribution in [2.24, 2.45) is 0 Å². The van der Waals surface area contributed by atoms with E-state index >= 15 is 0 Å². The number of allylic oxidation sites excluding steroid dienone is 2. The zero-order chi connectivity index (χ0) is 14.4. The van der Waals surface area contributed by atoms with Gasteiger partial charge in [0.15, 0.2) is 0 Å². The van der Waals surface area contributed by atoms with Gasteiger partial charge in [-0.15, -0.1) is 0 Å². The fourth-order valence-corrected chi connectivity index (χ4v) is 2.62. The van der Waals surface area contributed by atoms with Crippen LogP contribution in [0.15, 0.2) is 24.0 Å². The molecule has 2 heterocycles. The van der Waals surface area contributed by atoms with E-state index < -0.39 is 0 Å². The second kappa shape index (κ2) is 7.29. The molecule has 0 aromatic heterocycles. The number of hydrogen-bond donors (Lipinski definition) is 0. The van der Waals surface area contributed by atoms with Gasteiger partial charge in [-0.25, -0.2) is 0 Å². The van der Waals surface area contributed by atoms with Crippen molar-refractivity contribution in [1.82, 2.24) is 9.80 Å². The molecule has 0 bridgehead atoms. The van der Waals surface area contributed by atoms with Crippen molar-refractivity contribution < 1.29 is 14.2 Å². The molecule has 5 heteroatoms. The topological polar surface area (TPSA) is 52.7 Å². The van der Waals surface area contributed by atoms with Crippen molar-refractivity contribution >= 4 is 5.91 Å². The molecule has 0 N–H and O–H groups in total. The van der Waals surface area contributed by atoms with E-state index in [-0.39, 0.29) is 18.5 Å². The Morgan fingerprint density at radius 1 is 1.60 bits per heavy atom. The summed E-state index contributed by atoms with van der Waals surface area (Å²) < 4.78 is 16.1. The molecule has 0 saturated carbocycles. The minimum absolute atomic E-state index is 0.0836. The van der Waals surface area contributed by atoms with E-state index in [9.17, 15) is 9.45 Å². The van der Waals surface area contributed by atoms with E-state index in [1.54, 1.807) is 11.1 Å². The average molecular weight is 277 g/mol. The van der Waals surface area contributed by atoms with Gasteiger partial charge in [-0.1, -0.05) is 0 Å². The standard InChI is InChI=1S/C15H21N2O3/c1-2-20-12-14-6-4-8-17(14)15(19)10-16-7-3-5-13(9-16)11-18/h3,7,9,14H,2,4-6,8,10,12H2,1H3/q+1. The number of hydrogen-bond acceptors (Lipinski definition) is 3. The number of amides is 1. The Balaban J connectivity index is 1.91. The first-order valence-corrected chi connectivity index (χ1v) is 7.13. The third kappa shape index (κ3) is 3.73. The van der Waals surface area contributed by atoms with E-state index in [0.717, 1.165) is 19.4 Å². The molecule has 2 aliphatic heterocycles. The number of carbonyl (C=O) groups excluding carboxylic acids is 1. The zero-order valence-corrected chi connectivity index (χ0v) is 11.9. The van der Waals surface area contributed by atoms with Gasteiger partial charge < -0.3 is 0 Å². The summed E-state index contributed by atoms with van der Waals surface area (Å²) in [4.78, 5) is 16.0. The van der Waals surface area contributed by atoms with Crippen LogP contribution in [0, 0.1) is 6.15 Å². The summed E-state index contributed by atoms with van der Waals surface area (Å²) in [6.45, 7) is 4.31. The van der Waals surface area contributed by atoms with Crippen molar-refractivity contribution in [1.29, 1.82) is 0 Å². The van der Waals surface area contributed by atoms with Crippen molar-refractivity contribution in [2.45, 2.75) is 32.2 Å². The Bertz CT molecular complexity index is 451. The van der Waals surface area contributed by atoms with E-state index in [1.165, 1.54) is 0 Å². The van der Waals surface area contributed by atoms with Crippen LogP contribution in [-0.2, 0) is 14.2 Å². The van der Waals surface area contributed by atoms with E-state index in [4.69, 9.17) is 4.74 Å². The van der Waals surface area contributed by atoms with Gasteiger partial charge in [0, 0.05) is 0 Å². The first-order chi connectivity index (χ1) is 9.74. The number of nitrogens with zero attached hydrogens (tertiary/aromatic N) is 2. The minimum atomic E-state index is 0.0836. The fraction of sp³-hybridized carbons (Fsp3) is 0.600. The van der Waals surface area contributed by atoms with Crippen molar-refractivity contribution in [2.75, 3.05) is 26.3 Å². The van der Waals surface area contributed by atoms with Crippen molar-refractivity contribution in [3.63, 3.8) is 0 Å². The molecule has 0 spiro atoms. The van der Waals surface area contributed by atoms with Gasteiger partial charge >= 0.3 is 119 Å². The van der Waals surface area contributed by atoms with Crippen LogP contribution in [-0.4, -0.2) is 48.1 Å². The summed E-state index contributed by atoms with van der Waals surface area (Å²) >= 11 is 0. The Labute approximate surface area is 119 Å². The number of carbonyl (C=O) groups is 1. The van der Waals surface area contributed by atoms with Gasteiger partial charge in [-0.2, -0.15) is 0 Å². The zero-order valence-electron chi connectivity index (χ0n) is 11.9. The summed E-state index contributed by atoms with van der Waals surface area (Å²) in [6, 6.07) is 0.192. The predicted octanol–water partition coefficient (Wildman–Crippen LogP) is 1.51. The van der Waals surface area contributed by atoms with Crippen LogP contribution in [0.2, 0.25) is 0 Å². The summed E-state index contributed by atoms with van der Waals surface area (Å²) in [5.74, 6) is 0.0836. The molecule has 20 heavy (non-hydrogen) atoms.